The number of carbonyl (C=O) groups is 1. The average molecular weight is 395 g/mol. The van der Waals surface area contributed by atoms with Gasteiger partial charge >= 0.3 is 0 Å². The second-order valence-electron chi connectivity index (χ2n) is 5.85. The summed E-state index contributed by atoms with van der Waals surface area (Å²) < 4.78 is 5.63. The molecule has 7 nitrogen and oxygen atoms in total. The molecule has 142 valence electrons. The van der Waals surface area contributed by atoms with E-state index in [1.54, 1.807) is 19.1 Å². The Bertz CT molecular complexity index is 984. The molecule has 0 saturated carbocycles. The van der Waals surface area contributed by atoms with Gasteiger partial charge in [0.1, 0.15) is 5.75 Å². The Balaban J connectivity index is 1.53. The number of nitrogens with zero attached hydrogens (tertiary/aromatic N) is 2. The second-order valence-corrected chi connectivity index (χ2v) is 6.79. The minimum atomic E-state index is -0.752. The lowest BCUT2D eigenvalue weighted by molar-refractivity contribution is -0.384. The van der Waals surface area contributed by atoms with Gasteiger partial charge in [0, 0.05) is 6.07 Å². The van der Waals surface area contributed by atoms with Gasteiger partial charge in [0.25, 0.3) is 11.6 Å². The number of thiophene rings is 1. The van der Waals surface area contributed by atoms with Gasteiger partial charge in [0.15, 0.2) is 6.10 Å². The quantitative estimate of drug-likeness (QED) is 0.368. The Morgan fingerprint density at radius 2 is 1.86 bits per heavy atom. The van der Waals surface area contributed by atoms with Crippen LogP contribution in [0.5, 0.6) is 5.75 Å². The molecule has 2 aromatic carbocycles. The summed E-state index contributed by atoms with van der Waals surface area (Å²) in [5.74, 6) is 0.148. The molecule has 0 radical (unpaired) electrons. The number of ether oxygens (including phenoxy) is 1. The number of benzene rings is 2. The maximum atomic E-state index is 12.1. The van der Waals surface area contributed by atoms with Crippen molar-refractivity contribution in [3.8, 4) is 16.9 Å². The van der Waals surface area contributed by atoms with E-state index in [1.165, 1.54) is 29.0 Å². The van der Waals surface area contributed by atoms with Gasteiger partial charge in [-0.3, -0.25) is 14.9 Å². The minimum Gasteiger partial charge on any atom is -0.481 e. The fraction of sp³-hybridized carbons (Fsp3) is 0.100. The molecule has 1 aromatic heterocycles. The van der Waals surface area contributed by atoms with E-state index >= 15 is 0 Å². The van der Waals surface area contributed by atoms with Gasteiger partial charge in [-0.05, 0) is 30.2 Å². The fourth-order valence-corrected chi connectivity index (χ4v) is 3.08. The lowest BCUT2D eigenvalue weighted by Gasteiger charge is -2.13. The van der Waals surface area contributed by atoms with Crippen molar-refractivity contribution in [2.45, 2.75) is 13.0 Å². The molecule has 0 aliphatic carbocycles. The molecule has 0 spiro atoms. The first-order valence-electron chi connectivity index (χ1n) is 8.41. The standard InChI is InChI=1S/C20H17N3O4S/c1-14(20(24)22-21-12-19-11-17(13-28-19)23(25)26)27-18-9-7-16(8-10-18)15-5-3-2-4-6-15/h2-14H,1H3,(H,22,24)/b21-12+. The molecule has 0 aliphatic rings. The van der Waals surface area contributed by atoms with Crippen LogP contribution in [0, 0.1) is 10.1 Å². The van der Waals surface area contributed by atoms with E-state index in [-0.39, 0.29) is 5.69 Å². The van der Waals surface area contributed by atoms with Crippen LogP contribution in [0.25, 0.3) is 11.1 Å². The zero-order valence-corrected chi connectivity index (χ0v) is 15.8. The van der Waals surface area contributed by atoms with Gasteiger partial charge in [-0.15, -0.1) is 11.3 Å². The van der Waals surface area contributed by atoms with Crippen molar-refractivity contribution in [2.75, 3.05) is 0 Å². The smallest absolute Gasteiger partial charge is 0.280 e. The molecule has 3 aromatic rings. The normalized spacial score (nSPS) is 11.9. The van der Waals surface area contributed by atoms with Crippen LogP contribution in [0.1, 0.15) is 11.8 Å². The molecule has 28 heavy (non-hydrogen) atoms. The highest BCUT2D eigenvalue weighted by Crippen LogP contribution is 2.22. The zero-order valence-electron chi connectivity index (χ0n) is 14.9. The van der Waals surface area contributed by atoms with Gasteiger partial charge in [-0.2, -0.15) is 5.10 Å². The van der Waals surface area contributed by atoms with Gasteiger partial charge in [-0.25, -0.2) is 5.43 Å². The molecule has 0 fully saturated rings. The number of carbonyl (C=O) groups excluding carboxylic acids is 1. The molecular formula is C20H17N3O4S. The Labute approximate surface area is 165 Å². The van der Waals surface area contributed by atoms with E-state index in [2.05, 4.69) is 10.5 Å². The number of hydrazone groups is 1. The van der Waals surface area contributed by atoms with Gasteiger partial charge in [-0.1, -0.05) is 42.5 Å². The highest BCUT2D eigenvalue weighted by molar-refractivity contribution is 7.12. The first-order valence-corrected chi connectivity index (χ1v) is 9.29. The summed E-state index contributed by atoms with van der Waals surface area (Å²) >= 11 is 1.17. The fourth-order valence-electron chi connectivity index (χ4n) is 2.37. The molecule has 1 unspecified atom stereocenters. The molecular weight excluding hydrogens is 378 g/mol. The monoisotopic (exact) mass is 395 g/mol. The number of hydrogen-bond acceptors (Lipinski definition) is 6. The van der Waals surface area contributed by atoms with Crippen molar-refractivity contribution in [1.82, 2.24) is 5.43 Å². The van der Waals surface area contributed by atoms with Crippen LogP contribution in [0.15, 0.2) is 71.1 Å². The SMILES string of the molecule is CC(Oc1ccc(-c2ccccc2)cc1)C(=O)N/N=C/c1cc([N+](=O)[O-])cs1. The van der Waals surface area contributed by atoms with Crippen molar-refractivity contribution in [2.24, 2.45) is 5.10 Å². The van der Waals surface area contributed by atoms with Gasteiger partial charge in [0.2, 0.25) is 0 Å². The van der Waals surface area contributed by atoms with Crippen molar-refractivity contribution >= 4 is 29.1 Å². The molecule has 1 heterocycles. The summed E-state index contributed by atoms with van der Waals surface area (Å²) in [5.41, 5.74) is 4.52. The summed E-state index contributed by atoms with van der Waals surface area (Å²) in [6.45, 7) is 1.62. The van der Waals surface area contributed by atoms with Gasteiger partial charge < -0.3 is 4.74 Å². The van der Waals surface area contributed by atoms with E-state index in [9.17, 15) is 14.9 Å². The van der Waals surface area contributed by atoms with Crippen LogP contribution in [0.4, 0.5) is 5.69 Å². The zero-order chi connectivity index (χ0) is 19.9. The Kier molecular flexibility index (Phi) is 6.13. The first kappa shape index (κ1) is 19.2. The highest BCUT2D eigenvalue weighted by Gasteiger charge is 2.14. The maximum absolute atomic E-state index is 12.1. The predicted molar refractivity (Wildman–Crippen MR) is 109 cm³/mol. The largest absolute Gasteiger partial charge is 0.481 e. The molecule has 1 N–H and O–H groups in total. The Morgan fingerprint density at radius 1 is 1.18 bits per heavy atom. The first-order chi connectivity index (χ1) is 13.5. The van der Waals surface area contributed by atoms with E-state index in [4.69, 9.17) is 4.74 Å². The minimum absolute atomic E-state index is 0.00609. The predicted octanol–water partition coefficient (Wildman–Crippen LogP) is 4.24. The summed E-state index contributed by atoms with van der Waals surface area (Å²) in [4.78, 5) is 22.8. The van der Waals surface area contributed by atoms with Crippen LogP contribution in [0.2, 0.25) is 0 Å². The van der Waals surface area contributed by atoms with E-state index in [0.717, 1.165) is 11.1 Å². The summed E-state index contributed by atoms with van der Waals surface area (Å²) in [7, 11) is 0. The number of rotatable bonds is 7. The third-order valence-corrected chi connectivity index (χ3v) is 4.68. The number of hydrogen-bond donors (Lipinski definition) is 1. The number of nitro groups is 1. The van der Waals surface area contributed by atoms with Crippen LogP contribution in [-0.4, -0.2) is 23.1 Å². The average Bonchev–Trinajstić information content (AvgIpc) is 3.18. The molecule has 0 bridgehead atoms. The summed E-state index contributed by atoms with van der Waals surface area (Å²) in [6.07, 6.45) is 0.606. The lowest BCUT2D eigenvalue weighted by atomic mass is 10.1. The van der Waals surface area contributed by atoms with E-state index in [1.807, 2.05) is 42.5 Å². The Hall–Kier alpha value is -3.52. The molecule has 1 amide bonds. The van der Waals surface area contributed by atoms with E-state index in [0.29, 0.717) is 10.6 Å². The summed E-state index contributed by atoms with van der Waals surface area (Å²) in [5, 5.41) is 15.9. The Morgan fingerprint density at radius 3 is 2.50 bits per heavy atom. The van der Waals surface area contributed by atoms with Crippen molar-refractivity contribution in [3.63, 3.8) is 0 Å². The van der Waals surface area contributed by atoms with Crippen LogP contribution < -0.4 is 10.2 Å². The van der Waals surface area contributed by atoms with Crippen LogP contribution >= 0.6 is 11.3 Å². The topological polar surface area (TPSA) is 93.8 Å². The molecule has 3 rings (SSSR count). The van der Waals surface area contributed by atoms with Crippen molar-refractivity contribution in [1.29, 1.82) is 0 Å². The maximum Gasteiger partial charge on any atom is 0.280 e. The van der Waals surface area contributed by atoms with Crippen LogP contribution in [-0.2, 0) is 4.79 Å². The summed E-state index contributed by atoms with van der Waals surface area (Å²) in [6, 6.07) is 18.8. The number of nitrogens with one attached hydrogen (secondary N) is 1. The third kappa shape index (κ3) is 5.01. The molecule has 1 atom stereocenters. The van der Waals surface area contributed by atoms with Crippen LogP contribution in [0.3, 0.4) is 0 Å². The van der Waals surface area contributed by atoms with Crippen molar-refractivity contribution in [3.05, 3.63) is 81.0 Å². The van der Waals surface area contributed by atoms with Gasteiger partial charge in [0.05, 0.1) is 21.4 Å². The molecule has 0 aliphatic heterocycles. The molecule has 8 heteroatoms. The highest BCUT2D eigenvalue weighted by atomic mass is 32.1. The second kappa shape index (κ2) is 8.92. The van der Waals surface area contributed by atoms with E-state index < -0.39 is 16.9 Å². The van der Waals surface area contributed by atoms with Crippen molar-refractivity contribution < 1.29 is 14.5 Å². The lowest BCUT2D eigenvalue weighted by Crippen LogP contribution is -2.33. The number of amides is 1. The third-order valence-electron chi connectivity index (χ3n) is 3.83. The molecule has 0 saturated heterocycles.